The molecule has 0 aliphatic heterocycles. The maximum Gasteiger partial charge on any atom is 0.246 e. The van der Waals surface area contributed by atoms with Crippen LogP contribution in [0.25, 0.3) is 16.9 Å². The minimum absolute atomic E-state index is 0.0328. The number of hydrogen-bond acceptors (Lipinski definition) is 4. The molecule has 0 atom stereocenters. The number of rotatable bonds is 8. The minimum Gasteiger partial charge on any atom is -0.497 e. The Morgan fingerprint density at radius 2 is 1.77 bits per heavy atom. The predicted octanol–water partition coefficient (Wildman–Crippen LogP) is 4.40. The van der Waals surface area contributed by atoms with Crippen LogP contribution in [-0.2, 0) is 9.59 Å². The topological polar surface area (TPSA) is 76.5 Å². The number of nitrogens with one attached hydrogen (secondary N) is 1. The van der Waals surface area contributed by atoms with Gasteiger partial charge in [0, 0.05) is 35.4 Å². The fourth-order valence-corrected chi connectivity index (χ4v) is 3.23. The standard InChI is InChI=1S/C23H25ClN4O3/c1-4-22(30)27(5-2)15-21(29)26-23-25-20(16-6-8-17(24)9-7-16)14-28(23)18-10-12-19(31-3)13-11-18/h6-14H,4-5,15H2,1-3H3,(H,25,26,29). The fourth-order valence-electron chi connectivity index (χ4n) is 3.11. The molecule has 1 N–H and O–H groups in total. The third-order valence-corrected chi connectivity index (χ3v) is 5.07. The summed E-state index contributed by atoms with van der Waals surface area (Å²) in [6.07, 6.45) is 2.19. The first-order valence-electron chi connectivity index (χ1n) is 10.0. The molecule has 0 radical (unpaired) electrons. The lowest BCUT2D eigenvalue weighted by molar-refractivity contribution is -0.134. The molecule has 162 valence electrons. The highest BCUT2D eigenvalue weighted by Crippen LogP contribution is 2.26. The van der Waals surface area contributed by atoms with Crippen molar-refractivity contribution in [2.45, 2.75) is 20.3 Å². The average Bonchev–Trinajstić information content (AvgIpc) is 3.20. The molecule has 3 aromatic rings. The Bertz CT molecular complexity index is 1050. The molecule has 7 nitrogen and oxygen atoms in total. The van der Waals surface area contributed by atoms with Crippen LogP contribution in [0.4, 0.5) is 5.95 Å². The molecule has 0 saturated carbocycles. The highest BCUT2D eigenvalue weighted by atomic mass is 35.5. The van der Waals surface area contributed by atoms with Gasteiger partial charge in [0.05, 0.1) is 19.3 Å². The van der Waals surface area contributed by atoms with Crippen LogP contribution < -0.4 is 10.1 Å². The molecular weight excluding hydrogens is 416 g/mol. The number of halogens is 1. The second-order valence-electron chi connectivity index (χ2n) is 6.83. The van der Waals surface area contributed by atoms with E-state index in [0.717, 1.165) is 17.0 Å². The molecule has 2 amide bonds. The third-order valence-electron chi connectivity index (χ3n) is 4.82. The second kappa shape index (κ2) is 10.1. The first-order chi connectivity index (χ1) is 14.9. The van der Waals surface area contributed by atoms with Crippen molar-refractivity contribution in [2.75, 3.05) is 25.5 Å². The maximum absolute atomic E-state index is 12.7. The van der Waals surface area contributed by atoms with E-state index in [-0.39, 0.29) is 18.4 Å². The van der Waals surface area contributed by atoms with Crippen LogP contribution in [0.3, 0.4) is 0 Å². The summed E-state index contributed by atoms with van der Waals surface area (Å²) in [6, 6.07) is 14.7. The van der Waals surface area contributed by atoms with Crippen LogP contribution in [0.2, 0.25) is 5.02 Å². The molecule has 0 bridgehead atoms. The van der Waals surface area contributed by atoms with Gasteiger partial charge in [-0.2, -0.15) is 0 Å². The molecule has 0 aliphatic carbocycles. The number of nitrogens with zero attached hydrogens (tertiary/aromatic N) is 3. The van der Waals surface area contributed by atoms with Crippen molar-refractivity contribution in [3.8, 4) is 22.7 Å². The number of carbonyl (C=O) groups excluding carboxylic acids is 2. The SMILES string of the molecule is CCC(=O)N(CC)CC(=O)Nc1nc(-c2ccc(Cl)cc2)cn1-c1ccc(OC)cc1. The number of imidazole rings is 1. The van der Waals surface area contributed by atoms with Gasteiger partial charge >= 0.3 is 0 Å². The van der Waals surface area contributed by atoms with E-state index in [1.807, 2.05) is 49.5 Å². The number of methoxy groups -OCH3 is 1. The quantitative estimate of drug-likeness (QED) is 0.563. The Balaban J connectivity index is 1.93. The Labute approximate surface area is 186 Å². The molecule has 0 aliphatic rings. The van der Waals surface area contributed by atoms with Crippen molar-refractivity contribution in [1.29, 1.82) is 0 Å². The Morgan fingerprint density at radius 3 is 2.35 bits per heavy atom. The van der Waals surface area contributed by atoms with E-state index in [1.54, 1.807) is 30.7 Å². The Morgan fingerprint density at radius 1 is 1.10 bits per heavy atom. The minimum atomic E-state index is -0.313. The lowest BCUT2D eigenvalue weighted by Gasteiger charge is -2.19. The molecule has 0 spiro atoms. The van der Waals surface area contributed by atoms with Crippen molar-refractivity contribution in [1.82, 2.24) is 14.5 Å². The van der Waals surface area contributed by atoms with Crippen molar-refractivity contribution in [3.63, 3.8) is 0 Å². The highest BCUT2D eigenvalue weighted by Gasteiger charge is 2.18. The zero-order chi connectivity index (χ0) is 22.4. The number of ether oxygens (including phenoxy) is 1. The van der Waals surface area contributed by atoms with E-state index in [9.17, 15) is 9.59 Å². The van der Waals surface area contributed by atoms with Gasteiger partial charge in [-0.25, -0.2) is 4.98 Å². The van der Waals surface area contributed by atoms with Crippen LogP contribution in [0.5, 0.6) is 5.75 Å². The van der Waals surface area contributed by atoms with Crippen LogP contribution in [0.15, 0.2) is 54.7 Å². The van der Waals surface area contributed by atoms with Gasteiger partial charge < -0.3 is 9.64 Å². The lowest BCUT2D eigenvalue weighted by atomic mass is 10.2. The summed E-state index contributed by atoms with van der Waals surface area (Å²) in [4.78, 5) is 30.8. The lowest BCUT2D eigenvalue weighted by Crippen LogP contribution is -2.37. The van der Waals surface area contributed by atoms with Gasteiger partial charge in [0.15, 0.2) is 0 Å². The fraction of sp³-hybridized carbons (Fsp3) is 0.261. The zero-order valence-corrected chi connectivity index (χ0v) is 18.5. The van der Waals surface area contributed by atoms with E-state index in [2.05, 4.69) is 10.3 Å². The van der Waals surface area contributed by atoms with Crippen molar-refractivity contribution in [3.05, 3.63) is 59.8 Å². The molecule has 0 unspecified atom stereocenters. The normalized spacial score (nSPS) is 10.6. The molecule has 0 fully saturated rings. The van der Waals surface area contributed by atoms with Crippen molar-refractivity contribution >= 4 is 29.4 Å². The van der Waals surface area contributed by atoms with Crippen LogP contribution in [0.1, 0.15) is 20.3 Å². The van der Waals surface area contributed by atoms with Crippen molar-refractivity contribution in [2.24, 2.45) is 0 Å². The average molecular weight is 441 g/mol. The molecule has 3 rings (SSSR count). The van der Waals surface area contributed by atoms with Crippen LogP contribution in [-0.4, -0.2) is 46.5 Å². The maximum atomic E-state index is 12.7. The first kappa shape index (κ1) is 22.4. The largest absolute Gasteiger partial charge is 0.497 e. The molecule has 8 heteroatoms. The number of benzene rings is 2. The summed E-state index contributed by atoms with van der Waals surface area (Å²) < 4.78 is 7.02. The number of carbonyl (C=O) groups is 2. The zero-order valence-electron chi connectivity index (χ0n) is 17.8. The molecule has 31 heavy (non-hydrogen) atoms. The number of aromatic nitrogens is 2. The van der Waals surface area contributed by atoms with Gasteiger partial charge in [0.2, 0.25) is 17.8 Å². The van der Waals surface area contributed by atoms with E-state index in [4.69, 9.17) is 16.3 Å². The Kier molecular flexibility index (Phi) is 7.31. The van der Waals surface area contributed by atoms with Crippen LogP contribution in [0, 0.1) is 0 Å². The second-order valence-corrected chi connectivity index (χ2v) is 7.27. The number of amides is 2. The van der Waals surface area contributed by atoms with Gasteiger partial charge in [0.1, 0.15) is 5.75 Å². The van der Waals surface area contributed by atoms with E-state index < -0.39 is 0 Å². The number of likely N-dealkylation sites (N-methyl/N-ethyl adjacent to an activating group) is 1. The van der Waals surface area contributed by atoms with Gasteiger partial charge in [-0.1, -0.05) is 30.7 Å². The number of hydrogen-bond donors (Lipinski definition) is 1. The summed E-state index contributed by atoms with van der Waals surface area (Å²) in [7, 11) is 1.60. The summed E-state index contributed by atoms with van der Waals surface area (Å²) in [5.41, 5.74) is 2.35. The molecule has 0 saturated heterocycles. The van der Waals surface area contributed by atoms with Gasteiger partial charge in [-0.15, -0.1) is 0 Å². The third kappa shape index (κ3) is 5.44. The van der Waals surface area contributed by atoms with E-state index in [1.165, 1.54) is 4.90 Å². The predicted molar refractivity (Wildman–Crippen MR) is 122 cm³/mol. The molecule has 2 aromatic carbocycles. The molecule has 1 aromatic heterocycles. The van der Waals surface area contributed by atoms with Crippen molar-refractivity contribution < 1.29 is 14.3 Å². The van der Waals surface area contributed by atoms with E-state index >= 15 is 0 Å². The molecule has 1 heterocycles. The van der Waals surface area contributed by atoms with Gasteiger partial charge in [0.25, 0.3) is 0 Å². The van der Waals surface area contributed by atoms with Gasteiger partial charge in [-0.05, 0) is 43.3 Å². The summed E-state index contributed by atoms with van der Waals surface area (Å²) in [5.74, 6) is 0.703. The first-order valence-corrected chi connectivity index (χ1v) is 10.4. The monoisotopic (exact) mass is 440 g/mol. The summed E-state index contributed by atoms with van der Waals surface area (Å²) in [6.45, 7) is 4.05. The summed E-state index contributed by atoms with van der Waals surface area (Å²) in [5, 5.41) is 3.48. The van der Waals surface area contributed by atoms with E-state index in [0.29, 0.717) is 29.6 Å². The number of anilines is 1. The highest BCUT2D eigenvalue weighted by molar-refractivity contribution is 6.30. The molecular formula is C23H25ClN4O3. The van der Waals surface area contributed by atoms with Gasteiger partial charge in [-0.3, -0.25) is 19.5 Å². The smallest absolute Gasteiger partial charge is 0.246 e. The van der Waals surface area contributed by atoms with Crippen LogP contribution >= 0.6 is 11.6 Å². The Hall–Kier alpha value is -3.32. The summed E-state index contributed by atoms with van der Waals surface area (Å²) >= 11 is 6.00.